The number of likely N-dealkylation sites (N-methyl/N-ethyl adjacent to an activating group) is 1. The molecule has 4 heteroatoms. The van der Waals surface area contributed by atoms with E-state index in [2.05, 4.69) is 24.1 Å². The van der Waals surface area contributed by atoms with Gasteiger partial charge < -0.3 is 15.0 Å². The van der Waals surface area contributed by atoms with E-state index in [4.69, 9.17) is 4.74 Å². The Balaban J connectivity index is 2.29. The molecule has 1 aliphatic heterocycles. The number of hydrogen-bond acceptors (Lipinski definition) is 4. The molecule has 4 nitrogen and oxygen atoms in total. The van der Waals surface area contributed by atoms with Crippen molar-refractivity contribution in [3.05, 3.63) is 0 Å². The fourth-order valence-electron chi connectivity index (χ4n) is 2.22. The Morgan fingerprint density at radius 3 is 2.47 bits per heavy atom. The van der Waals surface area contributed by atoms with Crippen LogP contribution in [-0.4, -0.2) is 50.7 Å². The van der Waals surface area contributed by atoms with Gasteiger partial charge in [-0.05, 0) is 44.8 Å². The van der Waals surface area contributed by atoms with Crippen LogP contribution < -0.4 is 5.32 Å². The smallest absolute Gasteiger partial charge is 0.322 e. The first kappa shape index (κ1) is 14.5. The zero-order valence-electron chi connectivity index (χ0n) is 11.6. The molecule has 0 saturated carbocycles. The fraction of sp³-hybridized carbons (Fsp3) is 0.923. The van der Waals surface area contributed by atoms with Crippen molar-refractivity contribution in [3.63, 3.8) is 0 Å². The predicted molar refractivity (Wildman–Crippen MR) is 68.9 cm³/mol. The minimum Gasteiger partial charge on any atom is -0.468 e. The minimum absolute atomic E-state index is 0.162. The Hall–Kier alpha value is -0.610. The summed E-state index contributed by atoms with van der Waals surface area (Å²) in [6.45, 7) is 7.91. The van der Waals surface area contributed by atoms with Crippen molar-refractivity contribution in [1.82, 2.24) is 10.2 Å². The average Bonchev–Trinajstić information content (AvgIpc) is 2.31. The molecule has 0 aromatic heterocycles. The minimum atomic E-state index is -0.171. The molecule has 1 unspecified atom stereocenters. The van der Waals surface area contributed by atoms with E-state index in [-0.39, 0.29) is 12.0 Å². The summed E-state index contributed by atoms with van der Waals surface area (Å²) in [5.74, 6) is -0.162. The first-order valence-electron chi connectivity index (χ1n) is 6.46. The molecular formula is C13H26N2O2. The Morgan fingerprint density at radius 2 is 2.00 bits per heavy atom. The largest absolute Gasteiger partial charge is 0.468 e. The van der Waals surface area contributed by atoms with Gasteiger partial charge in [0.05, 0.1) is 7.11 Å². The molecule has 1 N–H and O–H groups in total. The van der Waals surface area contributed by atoms with E-state index >= 15 is 0 Å². The van der Waals surface area contributed by atoms with Gasteiger partial charge in [0.2, 0.25) is 0 Å². The topological polar surface area (TPSA) is 41.6 Å². The molecule has 1 heterocycles. The molecule has 0 aliphatic carbocycles. The summed E-state index contributed by atoms with van der Waals surface area (Å²) < 4.78 is 4.76. The van der Waals surface area contributed by atoms with Crippen LogP contribution in [0.15, 0.2) is 0 Å². The average molecular weight is 242 g/mol. The highest BCUT2D eigenvalue weighted by Gasteiger charge is 2.26. The molecule has 0 radical (unpaired) electrons. The van der Waals surface area contributed by atoms with E-state index in [1.807, 2.05) is 0 Å². The number of piperidine rings is 1. The van der Waals surface area contributed by atoms with Crippen LogP contribution in [0.4, 0.5) is 0 Å². The second-order valence-electron chi connectivity index (χ2n) is 5.66. The number of esters is 1. The van der Waals surface area contributed by atoms with Crippen molar-refractivity contribution >= 4 is 5.97 Å². The summed E-state index contributed by atoms with van der Waals surface area (Å²) in [6.07, 6.45) is 3.31. The first-order chi connectivity index (χ1) is 7.98. The van der Waals surface area contributed by atoms with Crippen molar-refractivity contribution in [1.29, 1.82) is 0 Å². The zero-order chi connectivity index (χ0) is 12.9. The number of methoxy groups -OCH3 is 1. The highest BCUT2D eigenvalue weighted by molar-refractivity contribution is 5.75. The van der Waals surface area contributed by atoms with Gasteiger partial charge in [-0.1, -0.05) is 13.8 Å². The van der Waals surface area contributed by atoms with Gasteiger partial charge in [0.15, 0.2) is 0 Å². The Bertz CT molecular complexity index is 244. The lowest BCUT2D eigenvalue weighted by Gasteiger charge is -2.37. The van der Waals surface area contributed by atoms with Gasteiger partial charge in [0.1, 0.15) is 6.04 Å². The normalized spacial score (nSPS) is 22.1. The van der Waals surface area contributed by atoms with Crippen LogP contribution in [0, 0.1) is 5.41 Å². The number of ether oxygens (including phenoxy) is 1. The first-order valence-corrected chi connectivity index (χ1v) is 6.46. The molecule has 1 aliphatic rings. The summed E-state index contributed by atoms with van der Waals surface area (Å²) >= 11 is 0. The van der Waals surface area contributed by atoms with Gasteiger partial charge in [-0.3, -0.25) is 4.79 Å². The van der Waals surface area contributed by atoms with Gasteiger partial charge in [-0.15, -0.1) is 0 Å². The van der Waals surface area contributed by atoms with E-state index in [1.165, 1.54) is 20.0 Å². The summed E-state index contributed by atoms with van der Waals surface area (Å²) in [6, 6.07) is -0.171. The molecule has 0 aromatic carbocycles. The molecule has 1 atom stereocenters. The van der Waals surface area contributed by atoms with Crippen molar-refractivity contribution in [3.8, 4) is 0 Å². The number of hydrogen-bond donors (Lipinski definition) is 1. The van der Waals surface area contributed by atoms with Crippen LogP contribution in [0.1, 0.15) is 33.1 Å². The third kappa shape index (κ3) is 4.64. The lowest BCUT2D eigenvalue weighted by molar-refractivity contribution is -0.143. The monoisotopic (exact) mass is 242 g/mol. The van der Waals surface area contributed by atoms with Gasteiger partial charge in [0, 0.05) is 6.54 Å². The quantitative estimate of drug-likeness (QED) is 0.737. The molecule has 0 aromatic rings. The fourth-order valence-corrected chi connectivity index (χ4v) is 2.22. The molecule has 0 amide bonds. The van der Waals surface area contributed by atoms with Gasteiger partial charge in [-0.2, -0.15) is 0 Å². The second kappa shape index (κ2) is 6.36. The summed E-state index contributed by atoms with van der Waals surface area (Å²) in [5.41, 5.74) is 0.487. The van der Waals surface area contributed by atoms with E-state index in [0.717, 1.165) is 26.1 Å². The summed E-state index contributed by atoms with van der Waals surface area (Å²) in [7, 11) is 3.25. The van der Waals surface area contributed by atoms with E-state index in [0.29, 0.717) is 5.41 Å². The van der Waals surface area contributed by atoms with Crippen molar-refractivity contribution in [2.24, 2.45) is 5.41 Å². The van der Waals surface area contributed by atoms with Crippen LogP contribution in [0.5, 0.6) is 0 Å². The molecule has 1 saturated heterocycles. The Labute approximate surface area is 105 Å². The Morgan fingerprint density at radius 1 is 1.41 bits per heavy atom. The lowest BCUT2D eigenvalue weighted by Crippen LogP contribution is -2.42. The highest BCUT2D eigenvalue weighted by Crippen LogP contribution is 2.29. The lowest BCUT2D eigenvalue weighted by atomic mass is 9.82. The van der Waals surface area contributed by atoms with Crippen molar-refractivity contribution in [2.75, 3.05) is 33.8 Å². The number of rotatable bonds is 5. The second-order valence-corrected chi connectivity index (χ2v) is 5.66. The molecule has 1 fully saturated rings. The Kier molecular flexibility index (Phi) is 5.40. The number of nitrogens with one attached hydrogen (secondary N) is 1. The summed E-state index contributed by atoms with van der Waals surface area (Å²) in [4.78, 5) is 13.9. The molecule has 17 heavy (non-hydrogen) atoms. The third-order valence-corrected chi connectivity index (χ3v) is 3.78. The number of carbonyl (C=O) groups excluding carboxylic acids is 1. The predicted octanol–water partition coefficient (Wildman–Crippen LogP) is 1.26. The standard InChI is InChI=1S/C13H26N2O2/c1-13(2)6-9-15(10-7-13)8-5-11(14-3)12(16)17-4/h11,14H,5-10H2,1-4H3. The highest BCUT2D eigenvalue weighted by atomic mass is 16.5. The molecule has 0 bridgehead atoms. The SMILES string of the molecule is CNC(CCN1CCC(C)(C)CC1)C(=O)OC. The van der Waals surface area contributed by atoms with E-state index in [1.54, 1.807) is 7.05 Å². The molecule has 1 rings (SSSR count). The van der Waals surface area contributed by atoms with Gasteiger partial charge >= 0.3 is 5.97 Å². The maximum absolute atomic E-state index is 11.4. The van der Waals surface area contributed by atoms with Gasteiger partial charge in [-0.25, -0.2) is 0 Å². The van der Waals surface area contributed by atoms with E-state index in [9.17, 15) is 4.79 Å². The third-order valence-electron chi connectivity index (χ3n) is 3.78. The zero-order valence-corrected chi connectivity index (χ0v) is 11.6. The van der Waals surface area contributed by atoms with Crippen LogP contribution >= 0.6 is 0 Å². The van der Waals surface area contributed by atoms with Crippen molar-refractivity contribution < 1.29 is 9.53 Å². The molecule has 0 spiro atoms. The van der Waals surface area contributed by atoms with E-state index < -0.39 is 0 Å². The maximum Gasteiger partial charge on any atom is 0.322 e. The van der Waals surface area contributed by atoms with Crippen LogP contribution in [-0.2, 0) is 9.53 Å². The number of carbonyl (C=O) groups is 1. The van der Waals surface area contributed by atoms with Crippen molar-refractivity contribution in [2.45, 2.75) is 39.2 Å². The number of likely N-dealkylation sites (tertiary alicyclic amines) is 1. The van der Waals surface area contributed by atoms with Crippen LogP contribution in [0.3, 0.4) is 0 Å². The van der Waals surface area contributed by atoms with Gasteiger partial charge in [0.25, 0.3) is 0 Å². The van der Waals surface area contributed by atoms with Crippen LogP contribution in [0.2, 0.25) is 0 Å². The molecule has 100 valence electrons. The van der Waals surface area contributed by atoms with Crippen LogP contribution in [0.25, 0.3) is 0 Å². The number of nitrogens with zero attached hydrogens (tertiary/aromatic N) is 1. The molecular weight excluding hydrogens is 216 g/mol. The summed E-state index contributed by atoms with van der Waals surface area (Å²) in [5, 5.41) is 3.01. The maximum atomic E-state index is 11.4.